The third kappa shape index (κ3) is 5.20. The first-order valence-electron chi connectivity index (χ1n) is 10.6. The third-order valence-corrected chi connectivity index (χ3v) is 6.73. The van der Waals surface area contributed by atoms with Gasteiger partial charge in [0.15, 0.2) is 6.10 Å². The van der Waals surface area contributed by atoms with Crippen molar-refractivity contribution >= 4 is 27.6 Å². The molecular formula is C23H29N5O5S. The fraction of sp³-hybridized carbons (Fsp3) is 0.348. The van der Waals surface area contributed by atoms with Crippen LogP contribution in [0.2, 0.25) is 0 Å². The summed E-state index contributed by atoms with van der Waals surface area (Å²) < 4.78 is 31.9. The summed E-state index contributed by atoms with van der Waals surface area (Å²) in [6, 6.07) is 7.94. The molecule has 1 amide bonds. The van der Waals surface area contributed by atoms with Crippen molar-refractivity contribution in [3.63, 3.8) is 0 Å². The Balaban J connectivity index is 1.72. The van der Waals surface area contributed by atoms with E-state index in [2.05, 4.69) is 10.4 Å². The number of ether oxygens (including phenoxy) is 1. The monoisotopic (exact) mass is 487 g/mol. The summed E-state index contributed by atoms with van der Waals surface area (Å²) in [4.78, 5) is 25.5. The first-order valence-corrected chi connectivity index (χ1v) is 12.1. The highest BCUT2D eigenvalue weighted by Crippen LogP contribution is 2.21. The molecule has 10 nitrogen and oxygen atoms in total. The van der Waals surface area contributed by atoms with Crippen LogP contribution in [0, 0.1) is 27.7 Å². The Morgan fingerprint density at radius 3 is 2.26 bits per heavy atom. The van der Waals surface area contributed by atoms with Crippen molar-refractivity contribution < 1.29 is 22.7 Å². The zero-order valence-electron chi connectivity index (χ0n) is 20.0. The molecule has 0 radical (unpaired) electrons. The van der Waals surface area contributed by atoms with Gasteiger partial charge >= 0.3 is 5.97 Å². The number of nitrogens with one attached hydrogen (secondary N) is 1. The molecule has 1 aromatic carbocycles. The number of nitrogens with two attached hydrogens (primary N) is 1. The number of nitrogens with zero attached hydrogens (tertiary/aromatic N) is 3. The maximum absolute atomic E-state index is 12.8. The lowest BCUT2D eigenvalue weighted by atomic mass is 10.2. The number of hydrogen-bond donors (Lipinski definition) is 2. The summed E-state index contributed by atoms with van der Waals surface area (Å²) in [6.07, 6.45) is -1.01. The average molecular weight is 488 g/mol. The third-order valence-electron chi connectivity index (χ3n) is 5.80. The van der Waals surface area contributed by atoms with Gasteiger partial charge in [0.2, 0.25) is 10.0 Å². The van der Waals surface area contributed by atoms with E-state index < -0.39 is 28.0 Å². The van der Waals surface area contributed by atoms with E-state index in [1.165, 1.54) is 19.1 Å². The van der Waals surface area contributed by atoms with Gasteiger partial charge in [0, 0.05) is 25.0 Å². The van der Waals surface area contributed by atoms with Gasteiger partial charge in [-0.1, -0.05) is 12.1 Å². The Morgan fingerprint density at radius 2 is 1.74 bits per heavy atom. The molecule has 0 bridgehead atoms. The van der Waals surface area contributed by atoms with E-state index in [9.17, 15) is 18.0 Å². The normalized spacial score (nSPS) is 12.4. The molecule has 0 aliphatic carbocycles. The lowest BCUT2D eigenvalue weighted by molar-refractivity contribution is -0.123. The van der Waals surface area contributed by atoms with Crippen molar-refractivity contribution in [1.29, 1.82) is 0 Å². The van der Waals surface area contributed by atoms with Crippen LogP contribution in [-0.2, 0) is 33.1 Å². The van der Waals surface area contributed by atoms with E-state index in [1.54, 1.807) is 43.8 Å². The molecule has 3 aromatic rings. The highest BCUT2D eigenvalue weighted by Gasteiger charge is 2.24. The maximum atomic E-state index is 12.8. The van der Waals surface area contributed by atoms with Crippen LogP contribution in [0.25, 0.3) is 0 Å². The van der Waals surface area contributed by atoms with E-state index in [-0.39, 0.29) is 4.90 Å². The Morgan fingerprint density at radius 1 is 1.12 bits per heavy atom. The molecule has 0 saturated heterocycles. The van der Waals surface area contributed by atoms with Crippen LogP contribution in [0.5, 0.6) is 0 Å². The number of carbonyl (C=O) groups is 2. The largest absolute Gasteiger partial charge is 0.449 e. The van der Waals surface area contributed by atoms with Gasteiger partial charge in [0.1, 0.15) is 0 Å². The Kier molecular flexibility index (Phi) is 6.99. The zero-order valence-corrected chi connectivity index (χ0v) is 20.9. The predicted molar refractivity (Wildman–Crippen MR) is 127 cm³/mol. The second kappa shape index (κ2) is 9.43. The van der Waals surface area contributed by atoms with Gasteiger partial charge in [0.25, 0.3) is 5.91 Å². The first-order chi connectivity index (χ1) is 15.8. The minimum atomic E-state index is -3.76. The number of esters is 1. The van der Waals surface area contributed by atoms with Gasteiger partial charge in [-0.15, -0.1) is 0 Å². The minimum Gasteiger partial charge on any atom is -0.449 e. The molecule has 3 N–H and O–H groups in total. The second-order valence-corrected chi connectivity index (χ2v) is 9.83. The van der Waals surface area contributed by atoms with Crippen LogP contribution in [-0.4, -0.2) is 40.7 Å². The number of rotatable bonds is 7. The Hall–Kier alpha value is -3.44. The summed E-state index contributed by atoms with van der Waals surface area (Å²) in [5.41, 5.74) is 4.75. The molecule has 2 aromatic heterocycles. The lowest BCUT2D eigenvalue weighted by Gasteiger charge is -2.14. The molecule has 3 rings (SSSR count). The van der Waals surface area contributed by atoms with Crippen molar-refractivity contribution in [3.8, 4) is 0 Å². The highest BCUT2D eigenvalue weighted by atomic mass is 32.2. The van der Waals surface area contributed by atoms with E-state index in [4.69, 9.17) is 9.88 Å². The van der Waals surface area contributed by atoms with E-state index >= 15 is 0 Å². The fourth-order valence-electron chi connectivity index (χ4n) is 3.68. The average Bonchev–Trinajstić information content (AvgIpc) is 3.17. The molecule has 1 atom stereocenters. The zero-order chi connectivity index (χ0) is 25.4. The molecule has 0 aliphatic heterocycles. The van der Waals surface area contributed by atoms with E-state index in [1.807, 2.05) is 18.4 Å². The van der Waals surface area contributed by atoms with Crippen molar-refractivity contribution in [3.05, 3.63) is 64.2 Å². The second-order valence-electron chi connectivity index (χ2n) is 8.27. The van der Waals surface area contributed by atoms with Crippen molar-refractivity contribution in [2.45, 2.75) is 52.2 Å². The topological polar surface area (TPSA) is 138 Å². The van der Waals surface area contributed by atoms with Crippen LogP contribution in [0.3, 0.4) is 0 Å². The predicted octanol–water partition coefficient (Wildman–Crippen LogP) is 2.33. The standard InChI is InChI=1S/C23H29N5O5S/c1-13-11-20(15(3)28(13)12-18-7-9-19(10-8-18)34(24,31)32)23(30)33-17(5)22(29)25-21-14(2)26-27(6)16(21)4/h7-11,17H,12H2,1-6H3,(H,25,29)(H2,24,31,32). The number of anilines is 1. The lowest BCUT2D eigenvalue weighted by Crippen LogP contribution is -2.30. The van der Waals surface area contributed by atoms with Gasteiger partial charge in [-0.25, -0.2) is 18.4 Å². The van der Waals surface area contributed by atoms with Crippen molar-refractivity contribution in [2.24, 2.45) is 12.2 Å². The van der Waals surface area contributed by atoms with E-state index in [0.717, 1.165) is 17.0 Å². The smallest absolute Gasteiger partial charge is 0.340 e. The van der Waals surface area contributed by atoms with Crippen LogP contribution in [0.1, 0.15) is 45.6 Å². The SMILES string of the molecule is Cc1nn(C)c(C)c1NC(=O)C(C)OC(=O)c1cc(C)n(Cc2ccc(S(N)(=O)=O)cc2)c1C. The number of carbonyl (C=O) groups excluding carboxylic acids is 2. The molecule has 0 fully saturated rings. The molecule has 34 heavy (non-hydrogen) atoms. The van der Waals surface area contributed by atoms with Crippen LogP contribution in [0.4, 0.5) is 5.69 Å². The number of aryl methyl sites for hydroxylation is 3. The van der Waals surface area contributed by atoms with Crippen LogP contribution in [0.15, 0.2) is 35.2 Å². The van der Waals surface area contributed by atoms with Crippen molar-refractivity contribution in [2.75, 3.05) is 5.32 Å². The van der Waals surface area contributed by atoms with E-state index in [0.29, 0.717) is 29.2 Å². The molecule has 0 spiro atoms. The quantitative estimate of drug-likeness (QED) is 0.491. The number of amides is 1. The van der Waals surface area contributed by atoms with Crippen LogP contribution >= 0.6 is 0 Å². The summed E-state index contributed by atoms with van der Waals surface area (Å²) in [7, 11) is -1.98. The van der Waals surface area contributed by atoms with Gasteiger partial charge in [0.05, 0.1) is 27.5 Å². The summed E-state index contributed by atoms with van der Waals surface area (Å²) >= 11 is 0. The number of sulfonamides is 1. The molecule has 182 valence electrons. The summed E-state index contributed by atoms with van der Waals surface area (Å²) in [6.45, 7) is 9.20. The Bertz CT molecular complexity index is 1350. The molecule has 1 unspecified atom stereocenters. The Labute approximate surface area is 198 Å². The number of benzene rings is 1. The number of hydrogen-bond acceptors (Lipinski definition) is 6. The molecule has 11 heteroatoms. The minimum absolute atomic E-state index is 0.0328. The van der Waals surface area contributed by atoms with Gasteiger partial charge in [-0.05, 0) is 58.4 Å². The maximum Gasteiger partial charge on any atom is 0.340 e. The summed E-state index contributed by atoms with van der Waals surface area (Å²) in [5, 5.41) is 12.2. The first kappa shape index (κ1) is 25.2. The summed E-state index contributed by atoms with van der Waals surface area (Å²) in [5.74, 6) is -1.05. The van der Waals surface area contributed by atoms with Crippen molar-refractivity contribution in [1.82, 2.24) is 14.3 Å². The molecule has 0 aliphatic rings. The van der Waals surface area contributed by atoms with Gasteiger partial charge < -0.3 is 14.6 Å². The molecular weight excluding hydrogens is 458 g/mol. The highest BCUT2D eigenvalue weighted by molar-refractivity contribution is 7.89. The van der Waals surface area contributed by atoms with Gasteiger partial charge in [-0.3, -0.25) is 9.48 Å². The molecule has 2 heterocycles. The number of aromatic nitrogens is 3. The number of primary sulfonamides is 1. The van der Waals surface area contributed by atoms with Gasteiger partial charge in [-0.2, -0.15) is 5.10 Å². The molecule has 0 saturated carbocycles. The fourth-order valence-corrected chi connectivity index (χ4v) is 4.19. The van der Waals surface area contributed by atoms with Crippen LogP contribution < -0.4 is 10.5 Å².